The first-order chi connectivity index (χ1) is 14.4. The molecule has 0 aliphatic carbocycles. The Labute approximate surface area is 173 Å². The van der Waals surface area contributed by atoms with Gasteiger partial charge in [0.15, 0.2) is 0 Å². The molecule has 5 rings (SSSR count). The van der Waals surface area contributed by atoms with Crippen LogP contribution in [0.5, 0.6) is 0 Å². The number of amides is 4. The van der Waals surface area contributed by atoms with Crippen molar-refractivity contribution in [3.8, 4) is 0 Å². The van der Waals surface area contributed by atoms with Crippen LogP contribution in [0.1, 0.15) is 52.0 Å². The number of nitrogens with zero attached hydrogens (tertiary/aromatic N) is 2. The van der Waals surface area contributed by atoms with Gasteiger partial charge in [-0.3, -0.25) is 34.3 Å². The summed E-state index contributed by atoms with van der Waals surface area (Å²) >= 11 is 0. The number of hydrogen-bond donors (Lipinski definition) is 2. The summed E-state index contributed by atoms with van der Waals surface area (Å²) in [6.45, 7) is 2.58. The molecule has 3 saturated heterocycles. The van der Waals surface area contributed by atoms with Crippen molar-refractivity contribution in [3.63, 3.8) is 0 Å². The summed E-state index contributed by atoms with van der Waals surface area (Å²) in [5.41, 5.74) is 7.21. The fourth-order valence-electron chi connectivity index (χ4n) is 5.17. The minimum absolute atomic E-state index is 0.108. The maximum absolute atomic E-state index is 13.0. The van der Waals surface area contributed by atoms with Crippen molar-refractivity contribution in [3.05, 3.63) is 34.9 Å². The van der Waals surface area contributed by atoms with Crippen molar-refractivity contribution in [2.45, 2.75) is 49.9 Å². The molecule has 3 atom stereocenters. The molecule has 3 fully saturated rings. The van der Waals surface area contributed by atoms with Gasteiger partial charge in [-0.2, -0.15) is 0 Å². The van der Waals surface area contributed by atoms with Gasteiger partial charge in [0.2, 0.25) is 11.8 Å². The fourth-order valence-corrected chi connectivity index (χ4v) is 5.17. The van der Waals surface area contributed by atoms with E-state index in [-0.39, 0.29) is 24.3 Å². The Balaban J connectivity index is 1.36. The van der Waals surface area contributed by atoms with E-state index in [1.807, 2.05) is 6.07 Å². The van der Waals surface area contributed by atoms with Gasteiger partial charge >= 0.3 is 0 Å². The summed E-state index contributed by atoms with van der Waals surface area (Å²) in [5, 5.41) is 2.21. The van der Waals surface area contributed by atoms with Crippen LogP contribution in [0.4, 0.5) is 0 Å². The molecule has 2 bridgehead atoms. The van der Waals surface area contributed by atoms with E-state index in [2.05, 4.69) is 10.2 Å². The lowest BCUT2D eigenvalue weighted by atomic mass is 9.96. The van der Waals surface area contributed by atoms with E-state index in [0.717, 1.165) is 29.8 Å². The van der Waals surface area contributed by atoms with Crippen molar-refractivity contribution in [1.82, 2.24) is 15.1 Å². The molecular weight excluding hydrogens is 388 g/mol. The topological polar surface area (TPSA) is 122 Å². The van der Waals surface area contributed by atoms with Crippen LogP contribution in [0.15, 0.2) is 18.2 Å². The van der Waals surface area contributed by atoms with Gasteiger partial charge in [0.1, 0.15) is 6.04 Å². The van der Waals surface area contributed by atoms with Crippen molar-refractivity contribution in [2.24, 2.45) is 5.73 Å². The van der Waals surface area contributed by atoms with Gasteiger partial charge in [0.05, 0.1) is 16.7 Å². The number of carbonyl (C=O) groups is 4. The highest BCUT2D eigenvalue weighted by Gasteiger charge is 2.47. The second kappa shape index (κ2) is 6.97. The van der Waals surface area contributed by atoms with Gasteiger partial charge in [-0.1, -0.05) is 6.07 Å². The Kier molecular flexibility index (Phi) is 4.49. The van der Waals surface area contributed by atoms with E-state index in [1.54, 1.807) is 12.1 Å². The minimum atomic E-state index is -0.946. The first-order valence-corrected chi connectivity index (χ1v) is 10.3. The predicted molar refractivity (Wildman–Crippen MR) is 104 cm³/mol. The molecule has 3 unspecified atom stereocenters. The number of ether oxygens (including phenoxy) is 1. The molecule has 4 aliphatic rings. The lowest BCUT2D eigenvalue weighted by molar-refractivity contribution is -0.136. The van der Waals surface area contributed by atoms with Gasteiger partial charge < -0.3 is 10.5 Å². The van der Waals surface area contributed by atoms with Crippen LogP contribution in [0, 0.1) is 0 Å². The summed E-state index contributed by atoms with van der Waals surface area (Å²) in [7, 11) is 0. The van der Waals surface area contributed by atoms with Gasteiger partial charge in [-0.15, -0.1) is 0 Å². The second-order valence-electron chi connectivity index (χ2n) is 8.61. The van der Waals surface area contributed by atoms with E-state index in [9.17, 15) is 19.2 Å². The third-order valence-electron chi connectivity index (χ3n) is 6.74. The van der Waals surface area contributed by atoms with Crippen molar-refractivity contribution >= 4 is 23.6 Å². The predicted octanol–water partition coefficient (Wildman–Crippen LogP) is -0.220. The average molecular weight is 412 g/mol. The van der Waals surface area contributed by atoms with E-state index in [0.29, 0.717) is 36.9 Å². The number of hydrogen-bond acceptors (Lipinski definition) is 7. The standard InChI is InChI=1S/C21H24N4O5/c22-10-21-8-13(5-6-30-21)24(11-21)9-12-1-2-14-15(7-12)20(29)25(19(14)28)16-3-4-17(26)23-18(16)27/h1-2,7,13,16H,3-6,8-11,22H2,(H,23,26,27). The zero-order chi connectivity index (χ0) is 21.0. The number of carbonyl (C=O) groups excluding carboxylic acids is 4. The number of benzene rings is 1. The summed E-state index contributed by atoms with van der Waals surface area (Å²) in [6, 6.07) is 4.72. The van der Waals surface area contributed by atoms with Gasteiger partial charge in [0, 0.05) is 38.7 Å². The lowest BCUT2D eigenvalue weighted by Crippen LogP contribution is -2.54. The zero-order valence-electron chi connectivity index (χ0n) is 16.6. The van der Waals surface area contributed by atoms with E-state index in [1.165, 1.54) is 0 Å². The molecule has 4 heterocycles. The molecule has 9 nitrogen and oxygen atoms in total. The summed E-state index contributed by atoms with van der Waals surface area (Å²) in [5.74, 6) is -1.94. The van der Waals surface area contributed by atoms with Crippen LogP contribution in [0.3, 0.4) is 0 Å². The normalized spacial score (nSPS) is 31.3. The molecule has 9 heteroatoms. The molecule has 30 heavy (non-hydrogen) atoms. The SMILES string of the molecule is NCC12CC(CCO1)N(Cc1ccc3c(c1)C(=O)N(C1CCC(=O)NC1=O)C3=O)C2. The Morgan fingerprint density at radius 1 is 1.13 bits per heavy atom. The third kappa shape index (κ3) is 2.96. The molecule has 158 valence electrons. The van der Waals surface area contributed by atoms with Crippen LogP contribution in [0.2, 0.25) is 0 Å². The first-order valence-electron chi connectivity index (χ1n) is 10.3. The number of piperidine rings is 1. The second-order valence-corrected chi connectivity index (χ2v) is 8.61. The number of rotatable bonds is 4. The molecule has 1 aromatic rings. The van der Waals surface area contributed by atoms with Crippen molar-refractivity contribution in [1.29, 1.82) is 0 Å². The minimum Gasteiger partial charge on any atom is -0.372 e. The van der Waals surface area contributed by atoms with Crippen LogP contribution < -0.4 is 11.1 Å². The molecular formula is C21H24N4O5. The molecule has 0 radical (unpaired) electrons. The maximum Gasteiger partial charge on any atom is 0.262 e. The van der Waals surface area contributed by atoms with E-state index >= 15 is 0 Å². The van der Waals surface area contributed by atoms with Crippen LogP contribution in [0.25, 0.3) is 0 Å². The number of fused-ring (bicyclic) bond motifs is 3. The highest BCUT2D eigenvalue weighted by atomic mass is 16.5. The largest absolute Gasteiger partial charge is 0.372 e. The van der Waals surface area contributed by atoms with E-state index < -0.39 is 23.8 Å². The molecule has 4 amide bonds. The number of nitrogens with two attached hydrogens (primary N) is 1. The highest BCUT2D eigenvalue weighted by Crippen LogP contribution is 2.37. The first kappa shape index (κ1) is 19.3. The summed E-state index contributed by atoms with van der Waals surface area (Å²) < 4.78 is 5.94. The Morgan fingerprint density at radius 3 is 2.67 bits per heavy atom. The molecule has 0 spiro atoms. The van der Waals surface area contributed by atoms with E-state index in [4.69, 9.17) is 10.5 Å². The van der Waals surface area contributed by atoms with Crippen LogP contribution >= 0.6 is 0 Å². The van der Waals surface area contributed by atoms with Gasteiger partial charge in [-0.25, -0.2) is 0 Å². The molecule has 3 N–H and O–H groups in total. The number of nitrogens with one attached hydrogen (secondary N) is 1. The molecule has 1 aromatic carbocycles. The molecule has 0 saturated carbocycles. The quantitative estimate of drug-likeness (QED) is 0.656. The van der Waals surface area contributed by atoms with Crippen molar-refractivity contribution < 1.29 is 23.9 Å². The van der Waals surface area contributed by atoms with Crippen LogP contribution in [-0.2, 0) is 20.9 Å². The zero-order valence-corrected chi connectivity index (χ0v) is 16.6. The number of likely N-dealkylation sites (tertiary alicyclic amines) is 1. The smallest absolute Gasteiger partial charge is 0.262 e. The summed E-state index contributed by atoms with van der Waals surface area (Å²) in [4.78, 5) is 52.7. The highest BCUT2D eigenvalue weighted by molar-refractivity contribution is 6.23. The number of imide groups is 2. The monoisotopic (exact) mass is 412 g/mol. The Morgan fingerprint density at radius 2 is 1.93 bits per heavy atom. The Hall–Kier alpha value is -2.62. The molecule has 0 aromatic heterocycles. The van der Waals surface area contributed by atoms with Gasteiger partial charge in [-0.05, 0) is 37.0 Å². The summed E-state index contributed by atoms with van der Waals surface area (Å²) in [6.07, 6.45) is 2.12. The fraction of sp³-hybridized carbons (Fsp3) is 0.524. The van der Waals surface area contributed by atoms with Crippen LogP contribution in [-0.4, -0.2) is 70.8 Å². The maximum atomic E-state index is 13.0. The van der Waals surface area contributed by atoms with Gasteiger partial charge in [0.25, 0.3) is 11.8 Å². The van der Waals surface area contributed by atoms with Crippen molar-refractivity contribution in [2.75, 3.05) is 19.7 Å². The average Bonchev–Trinajstić information content (AvgIpc) is 3.12. The Bertz CT molecular complexity index is 963. The third-order valence-corrected chi connectivity index (χ3v) is 6.74. The lowest BCUT2D eigenvalue weighted by Gasteiger charge is -2.30. The molecule has 4 aliphatic heterocycles.